The quantitative estimate of drug-likeness (QED) is 0.760. The maximum atomic E-state index is 12.4. The van der Waals surface area contributed by atoms with Crippen molar-refractivity contribution in [2.75, 3.05) is 5.32 Å². The van der Waals surface area contributed by atoms with Gasteiger partial charge in [0.05, 0.1) is 34.1 Å². The van der Waals surface area contributed by atoms with Gasteiger partial charge in [-0.3, -0.25) is 4.79 Å². The number of anilines is 1. The van der Waals surface area contributed by atoms with E-state index in [1.54, 1.807) is 53.3 Å². The van der Waals surface area contributed by atoms with Crippen LogP contribution in [0.25, 0.3) is 5.69 Å². The average Bonchev–Trinajstić information content (AvgIpc) is 3.03. The molecule has 0 radical (unpaired) electrons. The summed E-state index contributed by atoms with van der Waals surface area (Å²) in [5.41, 5.74) is 1.58. The van der Waals surface area contributed by atoms with Crippen LogP contribution in [0.15, 0.2) is 54.7 Å². The molecule has 0 unspecified atom stereocenters. The lowest BCUT2D eigenvalue weighted by atomic mass is 10.2. The van der Waals surface area contributed by atoms with Crippen molar-refractivity contribution in [2.24, 2.45) is 0 Å². The van der Waals surface area contributed by atoms with Crippen molar-refractivity contribution in [3.63, 3.8) is 0 Å². The Bertz CT molecular complexity index is 942. The van der Waals surface area contributed by atoms with Crippen LogP contribution in [0.5, 0.6) is 0 Å². The van der Waals surface area contributed by atoms with Crippen molar-refractivity contribution in [1.29, 1.82) is 5.26 Å². The Balaban J connectivity index is 1.87. The number of carbonyl (C=O) groups excluding carboxylic acids is 1. The molecule has 2 aromatic carbocycles. The van der Waals surface area contributed by atoms with Gasteiger partial charge < -0.3 is 5.32 Å². The fourth-order valence-electron chi connectivity index (χ4n) is 2.14. The van der Waals surface area contributed by atoms with Gasteiger partial charge in [0.1, 0.15) is 5.82 Å². The van der Waals surface area contributed by atoms with Gasteiger partial charge in [0.2, 0.25) is 0 Å². The number of rotatable bonds is 3. The molecule has 0 spiro atoms. The summed E-state index contributed by atoms with van der Waals surface area (Å²) in [6.45, 7) is 0. The van der Waals surface area contributed by atoms with Crippen LogP contribution >= 0.6 is 23.2 Å². The second-order valence-corrected chi connectivity index (χ2v) is 5.71. The highest BCUT2D eigenvalue weighted by Crippen LogP contribution is 2.23. The van der Waals surface area contributed by atoms with Crippen molar-refractivity contribution < 1.29 is 4.79 Å². The van der Waals surface area contributed by atoms with Gasteiger partial charge in [0, 0.05) is 11.1 Å². The molecule has 3 rings (SSSR count). The van der Waals surface area contributed by atoms with Gasteiger partial charge in [0.25, 0.3) is 5.91 Å². The molecule has 0 aliphatic rings. The zero-order chi connectivity index (χ0) is 17.1. The summed E-state index contributed by atoms with van der Waals surface area (Å²) in [7, 11) is 0. The molecular weight excluding hydrogens is 347 g/mol. The first-order chi connectivity index (χ1) is 11.6. The molecule has 0 fully saturated rings. The Morgan fingerprint density at radius 2 is 1.88 bits per heavy atom. The van der Waals surface area contributed by atoms with Crippen LogP contribution in [0.1, 0.15) is 15.9 Å². The summed E-state index contributed by atoms with van der Waals surface area (Å²) >= 11 is 11.9. The lowest BCUT2D eigenvalue weighted by molar-refractivity contribution is 0.102. The van der Waals surface area contributed by atoms with Gasteiger partial charge in [0.15, 0.2) is 0 Å². The first-order valence-electron chi connectivity index (χ1n) is 6.89. The molecule has 1 N–H and O–H groups in total. The van der Waals surface area contributed by atoms with E-state index in [-0.39, 0.29) is 10.9 Å². The summed E-state index contributed by atoms with van der Waals surface area (Å²) < 4.78 is 1.56. The summed E-state index contributed by atoms with van der Waals surface area (Å²) in [6.07, 6.45) is 1.57. The zero-order valence-corrected chi connectivity index (χ0v) is 13.7. The van der Waals surface area contributed by atoms with Crippen LogP contribution in [0.2, 0.25) is 10.0 Å². The lowest BCUT2D eigenvalue weighted by Crippen LogP contribution is -2.15. The standard InChI is InChI=1S/C17H10Cl2N4O/c18-12-3-6-14(15(19)9-12)17(24)22-16-7-8-21-23(16)13-4-1-11(10-20)2-5-13/h1-9H,(H,22,24). The number of nitriles is 1. The predicted molar refractivity (Wildman–Crippen MR) is 92.7 cm³/mol. The van der Waals surface area contributed by atoms with Crippen LogP contribution in [-0.4, -0.2) is 15.7 Å². The zero-order valence-electron chi connectivity index (χ0n) is 12.2. The molecule has 0 aliphatic heterocycles. The van der Waals surface area contributed by atoms with Crippen molar-refractivity contribution in [3.8, 4) is 11.8 Å². The SMILES string of the molecule is N#Cc1ccc(-n2nccc2NC(=O)c2ccc(Cl)cc2Cl)cc1. The molecule has 5 nitrogen and oxygen atoms in total. The number of amides is 1. The molecule has 24 heavy (non-hydrogen) atoms. The van der Waals surface area contributed by atoms with Gasteiger partial charge in [-0.25, -0.2) is 4.68 Å². The highest BCUT2D eigenvalue weighted by molar-refractivity contribution is 6.37. The minimum atomic E-state index is -0.368. The van der Waals surface area contributed by atoms with Crippen LogP contribution in [0, 0.1) is 11.3 Å². The first-order valence-corrected chi connectivity index (χ1v) is 7.65. The van der Waals surface area contributed by atoms with Crippen molar-refractivity contribution in [2.45, 2.75) is 0 Å². The average molecular weight is 357 g/mol. The van der Waals surface area contributed by atoms with Crippen LogP contribution < -0.4 is 5.32 Å². The molecule has 0 bridgehead atoms. The molecule has 0 saturated heterocycles. The Hall–Kier alpha value is -2.81. The van der Waals surface area contributed by atoms with E-state index in [0.717, 1.165) is 5.69 Å². The molecule has 3 aromatic rings. The number of carbonyl (C=O) groups is 1. The van der Waals surface area contributed by atoms with E-state index in [1.807, 2.05) is 0 Å². The number of nitrogens with one attached hydrogen (secondary N) is 1. The third kappa shape index (κ3) is 3.25. The molecule has 1 heterocycles. The maximum absolute atomic E-state index is 12.4. The highest BCUT2D eigenvalue weighted by Gasteiger charge is 2.14. The van der Waals surface area contributed by atoms with Gasteiger partial charge in [-0.15, -0.1) is 0 Å². The summed E-state index contributed by atoms with van der Waals surface area (Å²) in [5.74, 6) is 0.114. The fraction of sp³-hybridized carbons (Fsp3) is 0. The number of hydrogen-bond acceptors (Lipinski definition) is 3. The van der Waals surface area contributed by atoms with E-state index in [1.165, 1.54) is 6.07 Å². The second-order valence-electron chi connectivity index (χ2n) is 4.87. The van der Waals surface area contributed by atoms with Gasteiger partial charge in [-0.2, -0.15) is 10.4 Å². The Morgan fingerprint density at radius 1 is 1.12 bits per heavy atom. The fourth-order valence-corrected chi connectivity index (χ4v) is 2.63. The summed E-state index contributed by atoms with van der Waals surface area (Å²) in [5, 5.41) is 16.5. The van der Waals surface area contributed by atoms with Crippen LogP contribution in [0.3, 0.4) is 0 Å². The Kier molecular flexibility index (Phi) is 4.52. The third-order valence-corrected chi connectivity index (χ3v) is 3.85. The van der Waals surface area contributed by atoms with Crippen LogP contribution in [-0.2, 0) is 0 Å². The molecule has 118 valence electrons. The first kappa shape index (κ1) is 16.1. The smallest absolute Gasteiger partial charge is 0.258 e. The number of aromatic nitrogens is 2. The van der Waals surface area contributed by atoms with Crippen LogP contribution in [0.4, 0.5) is 5.82 Å². The molecule has 0 atom stereocenters. The monoisotopic (exact) mass is 356 g/mol. The van der Waals surface area contributed by atoms with Gasteiger partial charge >= 0.3 is 0 Å². The summed E-state index contributed by atoms with van der Waals surface area (Å²) in [6, 6.07) is 15.2. The van der Waals surface area contributed by atoms with E-state index in [4.69, 9.17) is 28.5 Å². The van der Waals surface area contributed by atoms with E-state index in [9.17, 15) is 4.79 Å². The number of hydrogen-bond donors (Lipinski definition) is 1. The van der Waals surface area contributed by atoms with Crippen molar-refractivity contribution in [1.82, 2.24) is 9.78 Å². The van der Waals surface area contributed by atoms with E-state index in [0.29, 0.717) is 22.0 Å². The highest BCUT2D eigenvalue weighted by atomic mass is 35.5. The van der Waals surface area contributed by atoms with Crippen molar-refractivity contribution in [3.05, 3.63) is 75.9 Å². The normalized spacial score (nSPS) is 10.2. The van der Waals surface area contributed by atoms with Crippen molar-refractivity contribution >= 4 is 34.9 Å². The topological polar surface area (TPSA) is 70.7 Å². The van der Waals surface area contributed by atoms with E-state index < -0.39 is 0 Å². The minimum Gasteiger partial charge on any atom is -0.306 e. The number of benzene rings is 2. The van der Waals surface area contributed by atoms with Gasteiger partial charge in [-0.1, -0.05) is 23.2 Å². The minimum absolute atomic E-state index is 0.268. The molecule has 1 aromatic heterocycles. The molecule has 1 amide bonds. The molecular formula is C17H10Cl2N4O. The lowest BCUT2D eigenvalue weighted by Gasteiger charge is -2.10. The molecule has 0 aliphatic carbocycles. The number of nitrogens with zero attached hydrogens (tertiary/aromatic N) is 3. The predicted octanol–water partition coefficient (Wildman–Crippen LogP) is 4.30. The summed E-state index contributed by atoms with van der Waals surface area (Å²) in [4.78, 5) is 12.4. The second kappa shape index (κ2) is 6.75. The molecule has 0 saturated carbocycles. The Morgan fingerprint density at radius 3 is 2.54 bits per heavy atom. The molecule has 7 heteroatoms. The maximum Gasteiger partial charge on any atom is 0.258 e. The van der Waals surface area contributed by atoms with Gasteiger partial charge in [-0.05, 0) is 42.5 Å². The number of halogens is 2. The van der Waals surface area contributed by atoms with E-state index in [2.05, 4.69) is 16.5 Å². The third-order valence-electron chi connectivity index (χ3n) is 3.30. The Labute approximate surface area is 148 Å². The van der Waals surface area contributed by atoms with E-state index >= 15 is 0 Å². The largest absolute Gasteiger partial charge is 0.306 e.